The maximum Gasteiger partial charge on any atom is 0.338 e. The number of esters is 1. The van der Waals surface area contributed by atoms with Gasteiger partial charge in [-0.25, -0.2) is 4.79 Å². The Morgan fingerprint density at radius 3 is 2.46 bits per heavy atom. The van der Waals surface area contributed by atoms with E-state index in [0.717, 1.165) is 24.2 Å². The summed E-state index contributed by atoms with van der Waals surface area (Å²) in [6.45, 7) is -0.497. The van der Waals surface area contributed by atoms with E-state index in [1.807, 2.05) is 0 Å². The number of fused-ring (bicyclic) bond motifs is 1. The number of benzene rings is 1. The molecule has 1 aliphatic carbocycles. The number of hydrogen-bond acceptors (Lipinski definition) is 6. The van der Waals surface area contributed by atoms with Gasteiger partial charge in [-0.05, 0) is 31.0 Å². The molecule has 0 saturated heterocycles. The van der Waals surface area contributed by atoms with Gasteiger partial charge in [0.15, 0.2) is 6.61 Å². The highest BCUT2D eigenvalue weighted by Gasteiger charge is 2.39. The lowest BCUT2D eigenvalue weighted by Crippen LogP contribution is -2.51. The first-order valence-corrected chi connectivity index (χ1v) is 9.12. The van der Waals surface area contributed by atoms with Gasteiger partial charge < -0.3 is 9.64 Å². The summed E-state index contributed by atoms with van der Waals surface area (Å²) in [6.07, 6.45) is 4.00. The number of carbonyl (C=O) groups is 4. The molecule has 0 bridgehead atoms. The first-order chi connectivity index (χ1) is 13.3. The molecule has 0 spiro atoms. The number of nitrogens with zero attached hydrogens (tertiary/aromatic N) is 3. The summed E-state index contributed by atoms with van der Waals surface area (Å²) in [5.41, 5.74) is -0.408. The Kier molecular flexibility index (Phi) is 5.18. The maximum absolute atomic E-state index is 12.5. The second-order valence-corrected chi connectivity index (χ2v) is 7.16. The SMILES string of the molecule is CN1C(=O)c2ccc(C(=O)OCC(=O)N(C)C3(C#N)CCCCC3)cc2C1=O. The van der Waals surface area contributed by atoms with Gasteiger partial charge in [-0.15, -0.1) is 0 Å². The number of hydrogen-bond donors (Lipinski definition) is 0. The van der Waals surface area contributed by atoms with Gasteiger partial charge in [-0.1, -0.05) is 19.3 Å². The van der Waals surface area contributed by atoms with Gasteiger partial charge in [-0.3, -0.25) is 19.3 Å². The van der Waals surface area contributed by atoms with Crippen LogP contribution < -0.4 is 0 Å². The van der Waals surface area contributed by atoms with E-state index in [2.05, 4.69) is 6.07 Å². The van der Waals surface area contributed by atoms with Crippen LogP contribution in [0, 0.1) is 11.3 Å². The zero-order valence-electron chi connectivity index (χ0n) is 15.9. The van der Waals surface area contributed by atoms with E-state index < -0.39 is 35.8 Å². The van der Waals surface area contributed by atoms with Crippen LogP contribution in [0.4, 0.5) is 0 Å². The molecule has 1 fully saturated rings. The van der Waals surface area contributed by atoms with Crippen molar-refractivity contribution in [2.75, 3.05) is 20.7 Å². The summed E-state index contributed by atoms with van der Waals surface area (Å²) in [5.74, 6) is -2.14. The van der Waals surface area contributed by atoms with Crippen molar-refractivity contribution >= 4 is 23.7 Å². The topological polar surface area (TPSA) is 108 Å². The van der Waals surface area contributed by atoms with Crippen LogP contribution in [0.15, 0.2) is 18.2 Å². The van der Waals surface area contributed by atoms with Crippen LogP contribution in [-0.2, 0) is 9.53 Å². The molecule has 146 valence electrons. The monoisotopic (exact) mass is 383 g/mol. The van der Waals surface area contributed by atoms with Crippen LogP contribution in [0.25, 0.3) is 0 Å². The van der Waals surface area contributed by atoms with Crippen molar-refractivity contribution in [2.24, 2.45) is 0 Å². The fraction of sp³-hybridized carbons (Fsp3) is 0.450. The lowest BCUT2D eigenvalue weighted by atomic mass is 9.81. The predicted molar refractivity (Wildman–Crippen MR) is 97.3 cm³/mol. The Bertz CT molecular complexity index is 896. The molecule has 1 aromatic rings. The van der Waals surface area contributed by atoms with Gasteiger partial charge in [-0.2, -0.15) is 5.26 Å². The molecule has 8 nitrogen and oxygen atoms in total. The molecule has 3 rings (SSSR count). The van der Waals surface area contributed by atoms with Crippen LogP contribution in [0.3, 0.4) is 0 Å². The number of carbonyl (C=O) groups excluding carboxylic acids is 4. The molecule has 0 radical (unpaired) electrons. The van der Waals surface area contributed by atoms with Crippen LogP contribution >= 0.6 is 0 Å². The first-order valence-electron chi connectivity index (χ1n) is 9.12. The van der Waals surface area contributed by atoms with Crippen LogP contribution in [0.2, 0.25) is 0 Å². The molecule has 1 saturated carbocycles. The third-order valence-electron chi connectivity index (χ3n) is 5.56. The summed E-state index contributed by atoms with van der Waals surface area (Å²) in [6, 6.07) is 6.33. The maximum atomic E-state index is 12.5. The Hall–Kier alpha value is -3.21. The average Bonchev–Trinajstić information content (AvgIpc) is 2.95. The second kappa shape index (κ2) is 7.43. The Labute approximate surface area is 162 Å². The van der Waals surface area contributed by atoms with Crippen molar-refractivity contribution in [1.29, 1.82) is 5.26 Å². The molecule has 1 heterocycles. The van der Waals surface area contributed by atoms with Gasteiger partial charge in [0, 0.05) is 14.1 Å². The molecule has 8 heteroatoms. The van der Waals surface area contributed by atoms with Gasteiger partial charge in [0.2, 0.25) is 0 Å². The molecule has 1 aromatic carbocycles. The lowest BCUT2D eigenvalue weighted by Gasteiger charge is -2.38. The minimum absolute atomic E-state index is 0.0818. The standard InChI is InChI=1S/C20H21N3O5/c1-22-17(25)14-7-6-13(10-15(14)18(22)26)19(27)28-11-16(24)23(2)20(12-21)8-4-3-5-9-20/h6-7,10H,3-5,8-9,11H2,1-2H3. The molecule has 0 N–H and O–H groups in total. The number of ether oxygens (including phenoxy) is 1. The predicted octanol–water partition coefficient (Wildman–Crippen LogP) is 1.75. The van der Waals surface area contributed by atoms with Crippen molar-refractivity contribution < 1.29 is 23.9 Å². The average molecular weight is 383 g/mol. The van der Waals surface area contributed by atoms with Crippen molar-refractivity contribution in [1.82, 2.24) is 9.80 Å². The van der Waals surface area contributed by atoms with Crippen LogP contribution in [0.1, 0.15) is 63.2 Å². The molecule has 1 aliphatic heterocycles. The van der Waals surface area contributed by atoms with Gasteiger partial charge in [0.1, 0.15) is 5.54 Å². The van der Waals surface area contributed by atoms with Gasteiger partial charge >= 0.3 is 5.97 Å². The summed E-state index contributed by atoms with van der Waals surface area (Å²) in [7, 11) is 2.92. The number of imide groups is 1. The largest absolute Gasteiger partial charge is 0.452 e. The molecule has 2 aliphatic rings. The molecule has 3 amide bonds. The van der Waals surface area contributed by atoms with E-state index in [1.54, 1.807) is 7.05 Å². The summed E-state index contributed by atoms with van der Waals surface area (Å²) in [5, 5.41) is 9.56. The number of amides is 3. The Morgan fingerprint density at radius 2 is 1.82 bits per heavy atom. The third-order valence-corrected chi connectivity index (χ3v) is 5.56. The minimum Gasteiger partial charge on any atom is -0.452 e. The number of likely N-dealkylation sites (N-methyl/N-ethyl adjacent to an activating group) is 1. The van der Waals surface area contributed by atoms with Crippen LogP contribution in [0.5, 0.6) is 0 Å². The van der Waals surface area contributed by atoms with E-state index in [1.165, 1.54) is 30.1 Å². The highest BCUT2D eigenvalue weighted by molar-refractivity contribution is 6.21. The number of nitriles is 1. The summed E-state index contributed by atoms with van der Waals surface area (Å²) in [4.78, 5) is 51.1. The second-order valence-electron chi connectivity index (χ2n) is 7.16. The quantitative estimate of drug-likeness (QED) is 0.579. The van der Waals surface area contributed by atoms with Gasteiger partial charge in [0.05, 0.1) is 22.8 Å². The number of rotatable bonds is 4. The van der Waals surface area contributed by atoms with Crippen molar-refractivity contribution in [3.63, 3.8) is 0 Å². The lowest BCUT2D eigenvalue weighted by molar-refractivity contribution is -0.138. The molecular formula is C20H21N3O5. The van der Waals surface area contributed by atoms with Crippen LogP contribution in [-0.4, -0.2) is 59.7 Å². The van der Waals surface area contributed by atoms with Crippen molar-refractivity contribution in [3.8, 4) is 6.07 Å². The molecule has 28 heavy (non-hydrogen) atoms. The highest BCUT2D eigenvalue weighted by atomic mass is 16.5. The minimum atomic E-state index is -0.854. The van der Waals surface area contributed by atoms with E-state index >= 15 is 0 Å². The van der Waals surface area contributed by atoms with E-state index in [0.29, 0.717) is 12.8 Å². The zero-order chi connectivity index (χ0) is 20.5. The highest BCUT2D eigenvalue weighted by Crippen LogP contribution is 2.32. The van der Waals surface area contributed by atoms with Gasteiger partial charge in [0.25, 0.3) is 17.7 Å². The zero-order valence-corrected chi connectivity index (χ0v) is 15.9. The van der Waals surface area contributed by atoms with E-state index in [-0.39, 0.29) is 16.7 Å². The summed E-state index contributed by atoms with van der Waals surface area (Å²) >= 11 is 0. The smallest absolute Gasteiger partial charge is 0.338 e. The molecule has 0 unspecified atom stereocenters. The summed E-state index contributed by atoms with van der Waals surface area (Å²) < 4.78 is 5.09. The first kappa shape index (κ1) is 19.5. The Morgan fingerprint density at radius 1 is 1.18 bits per heavy atom. The molecular weight excluding hydrogens is 362 g/mol. The fourth-order valence-electron chi connectivity index (χ4n) is 3.69. The van der Waals surface area contributed by atoms with E-state index in [9.17, 15) is 24.4 Å². The third kappa shape index (κ3) is 3.24. The fourth-order valence-corrected chi connectivity index (χ4v) is 3.69. The Balaban J connectivity index is 1.66. The van der Waals surface area contributed by atoms with Crippen molar-refractivity contribution in [3.05, 3.63) is 34.9 Å². The normalized spacial score (nSPS) is 17.7. The molecule has 0 aromatic heterocycles. The van der Waals surface area contributed by atoms with Crippen molar-refractivity contribution in [2.45, 2.75) is 37.6 Å². The molecule has 0 atom stereocenters. The van der Waals surface area contributed by atoms with E-state index in [4.69, 9.17) is 4.74 Å².